The van der Waals surface area contributed by atoms with Crippen molar-refractivity contribution in [1.82, 2.24) is 0 Å². The maximum Gasteiger partial charge on any atom is 0.182 e. The number of aromatic hydroxyl groups is 1. The van der Waals surface area contributed by atoms with Gasteiger partial charge in [0, 0.05) is 6.08 Å². The number of phenolic OH excluding ortho intramolecular Hbond substituents is 1. The molecule has 0 spiro atoms. The lowest BCUT2D eigenvalue weighted by molar-refractivity contribution is -0.110. The molecule has 2 aromatic rings. The van der Waals surface area contributed by atoms with Gasteiger partial charge in [-0.15, -0.1) is 0 Å². The minimum absolute atomic E-state index is 0.0193. The third-order valence-corrected chi connectivity index (χ3v) is 4.32. The summed E-state index contributed by atoms with van der Waals surface area (Å²) in [5.74, 6) is 1.04. The Labute approximate surface area is 182 Å². The summed E-state index contributed by atoms with van der Waals surface area (Å²) in [5, 5.41) is 19.6. The molecule has 0 aliphatic rings. The van der Waals surface area contributed by atoms with Crippen LogP contribution in [0.25, 0.3) is 12.2 Å². The van der Waals surface area contributed by atoms with Crippen molar-refractivity contribution in [3.8, 4) is 23.0 Å². The average Bonchev–Trinajstić information content (AvgIpc) is 2.77. The lowest BCUT2D eigenvalue weighted by Gasteiger charge is -2.10. The SMILES string of the molecule is CCCCOc1ccc(/C=C/C(O)=CC(=O)/C=C/c2ccc(O)c(OC)c2)cc1OC. The molecular weight excluding hydrogens is 396 g/mol. The molecule has 0 bridgehead atoms. The monoisotopic (exact) mass is 424 g/mol. The lowest BCUT2D eigenvalue weighted by Crippen LogP contribution is -1.98. The van der Waals surface area contributed by atoms with Gasteiger partial charge in [0.1, 0.15) is 5.76 Å². The second-order valence-electron chi connectivity index (χ2n) is 6.68. The molecule has 0 atom stereocenters. The summed E-state index contributed by atoms with van der Waals surface area (Å²) in [7, 11) is 3.02. The largest absolute Gasteiger partial charge is 0.508 e. The quantitative estimate of drug-likeness (QED) is 0.220. The lowest BCUT2D eigenvalue weighted by atomic mass is 10.1. The van der Waals surface area contributed by atoms with Gasteiger partial charge < -0.3 is 24.4 Å². The van der Waals surface area contributed by atoms with E-state index in [2.05, 4.69) is 6.92 Å². The molecule has 0 fully saturated rings. The molecule has 2 aromatic carbocycles. The number of phenols is 1. The number of ether oxygens (including phenoxy) is 3. The summed E-state index contributed by atoms with van der Waals surface area (Å²) < 4.78 is 16.1. The zero-order valence-electron chi connectivity index (χ0n) is 18.0. The molecule has 0 aliphatic heterocycles. The Hall–Kier alpha value is -3.67. The van der Waals surface area contributed by atoms with E-state index in [0.29, 0.717) is 29.4 Å². The normalized spacial score (nSPS) is 11.8. The van der Waals surface area contributed by atoms with Crippen LogP contribution >= 0.6 is 0 Å². The number of rotatable bonds is 11. The molecule has 6 nitrogen and oxygen atoms in total. The van der Waals surface area contributed by atoms with Gasteiger partial charge in [-0.05, 0) is 54.0 Å². The topological polar surface area (TPSA) is 85.2 Å². The molecule has 0 amide bonds. The molecule has 2 rings (SSSR count). The Morgan fingerprint density at radius 2 is 1.58 bits per heavy atom. The fraction of sp³-hybridized carbons (Fsp3) is 0.240. The van der Waals surface area contributed by atoms with E-state index in [-0.39, 0.29) is 17.3 Å². The number of hydrogen-bond donors (Lipinski definition) is 2. The van der Waals surface area contributed by atoms with Gasteiger partial charge in [-0.3, -0.25) is 4.79 Å². The molecule has 0 aromatic heterocycles. The van der Waals surface area contributed by atoms with Crippen LogP contribution in [-0.2, 0) is 4.79 Å². The van der Waals surface area contributed by atoms with Gasteiger partial charge in [0.05, 0.1) is 20.8 Å². The molecule has 0 unspecified atom stereocenters. The highest BCUT2D eigenvalue weighted by Gasteiger charge is 2.05. The molecule has 2 N–H and O–H groups in total. The van der Waals surface area contributed by atoms with Crippen molar-refractivity contribution in [2.24, 2.45) is 0 Å². The number of aliphatic hydroxyl groups excluding tert-OH is 1. The number of carbonyl (C=O) groups is 1. The van der Waals surface area contributed by atoms with Crippen LogP contribution < -0.4 is 14.2 Å². The molecule has 0 heterocycles. The standard InChI is InChI=1S/C25H28O6/c1-4-5-14-31-23-13-9-19(16-25(23)30-3)7-11-21(27)17-20(26)10-6-18-8-12-22(28)24(15-18)29-2/h6-13,15-17,27-28H,4-5,14H2,1-3H3/b10-6+,11-7+,21-17?. The van der Waals surface area contributed by atoms with Crippen molar-refractivity contribution in [1.29, 1.82) is 0 Å². The minimum atomic E-state index is -0.383. The Morgan fingerprint density at radius 3 is 2.26 bits per heavy atom. The first-order valence-electron chi connectivity index (χ1n) is 9.95. The van der Waals surface area contributed by atoms with E-state index in [0.717, 1.165) is 24.5 Å². The highest BCUT2D eigenvalue weighted by atomic mass is 16.5. The van der Waals surface area contributed by atoms with E-state index < -0.39 is 0 Å². The van der Waals surface area contributed by atoms with Gasteiger partial charge in [-0.1, -0.05) is 37.6 Å². The zero-order valence-corrected chi connectivity index (χ0v) is 18.0. The number of hydrogen-bond acceptors (Lipinski definition) is 6. The summed E-state index contributed by atoms with van der Waals surface area (Å²) >= 11 is 0. The second kappa shape index (κ2) is 12.1. The number of unbranched alkanes of at least 4 members (excludes halogenated alkanes) is 1. The Balaban J connectivity index is 2.02. The van der Waals surface area contributed by atoms with Gasteiger partial charge in [0.2, 0.25) is 0 Å². The molecular formula is C25H28O6. The number of methoxy groups -OCH3 is 2. The van der Waals surface area contributed by atoms with E-state index >= 15 is 0 Å². The Bertz CT molecular complexity index is 972. The molecule has 0 radical (unpaired) electrons. The van der Waals surface area contributed by atoms with Crippen LogP contribution in [0.3, 0.4) is 0 Å². The van der Waals surface area contributed by atoms with Crippen LogP contribution in [0.4, 0.5) is 0 Å². The highest BCUT2D eigenvalue weighted by Crippen LogP contribution is 2.29. The van der Waals surface area contributed by atoms with Gasteiger partial charge in [-0.2, -0.15) is 0 Å². The van der Waals surface area contributed by atoms with Crippen molar-refractivity contribution in [2.45, 2.75) is 19.8 Å². The molecule has 6 heteroatoms. The first-order chi connectivity index (χ1) is 15.0. The maximum atomic E-state index is 12.1. The third kappa shape index (κ3) is 7.59. The fourth-order valence-corrected chi connectivity index (χ4v) is 2.63. The number of allylic oxidation sites excluding steroid dienone is 3. The molecule has 164 valence electrons. The van der Waals surface area contributed by atoms with Crippen molar-refractivity contribution in [3.63, 3.8) is 0 Å². The van der Waals surface area contributed by atoms with E-state index in [1.54, 1.807) is 37.5 Å². The van der Waals surface area contributed by atoms with Gasteiger partial charge >= 0.3 is 0 Å². The number of benzene rings is 2. The fourth-order valence-electron chi connectivity index (χ4n) is 2.63. The van der Waals surface area contributed by atoms with Gasteiger partial charge in [0.15, 0.2) is 28.8 Å². The Morgan fingerprint density at radius 1 is 0.935 bits per heavy atom. The first-order valence-corrected chi connectivity index (χ1v) is 9.95. The summed E-state index contributed by atoms with van der Waals surface area (Å²) in [4.78, 5) is 12.1. The van der Waals surface area contributed by atoms with E-state index in [4.69, 9.17) is 14.2 Å². The van der Waals surface area contributed by atoms with Crippen LogP contribution in [0.5, 0.6) is 23.0 Å². The van der Waals surface area contributed by atoms with Gasteiger partial charge in [0.25, 0.3) is 0 Å². The smallest absolute Gasteiger partial charge is 0.182 e. The van der Waals surface area contributed by atoms with Crippen molar-refractivity contribution in [3.05, 3.63) is 71.5 Å². The summed E-state index contributed by atoms with van der Waals surface area (Å²) in [6, 6.07) is 10.2. The van der Waals surface area contributed by atoms with Crippen LogP contribution in [0.1, 0.15) is 30.9 Å². The van der Waals surface area contributed by atoms with Crippen molar-refractivity contribution >= 4 is 17.9 Å². The van der Waals surface area contributed by atoms with Crippen LogP contribution in [0.2, 0.25) is 0 Å². The summed E-state index contributed by atoms with van der Waals surface area (Å²) in [5.41, 5.74) is 1.47. The van der Waals surface area contributed by atoms with Crippen LogP contribution in [-0.4, -0.2) is 36.8 Å². The first kappa shape index (κ1) is 23.6. The molecule has 0 saturated carbocycles. The van der Waals surface area contributed by atoms with Crippen LogP contribution in [0.15, 0.2) is 60.4 Å². The minimum Gasteiger partial charge on any atom is -0.508 e. The van der Waals surface area contributed by atoms with E-state index in [1.165, 1.54) is 25.3 Å². The predicted octanol–water partition coefficient (Wildman–Crippen LogP) is 5.33. The van der Waals surface area contributed by atoms with Gasteiger partial charge in [-0.25, -0.2) is 0 Å². The second-order valence-corrected chi connectivity index (χ2v) is 6.68. The predicted molar refractivity (Wildman–Crippen MR) is 122 cm³/mol. The third-order valence-electron chi connectivity index (χ3n) is 4.32. The summed E-state index contributed by atoms with van der Waals surface area (Å²) in [6.07, 6.45) is 9.12. The average molecular weight is 424 g/mol. The number of carbonyl (C=O) groups excluding carboxylic acids is 1. The zero-order chi connectivity index (χ0) is 22.6. The highest BCUT2D eigenvalue weighted by molar-refractivity contribution is 6.02. The molecule has 31 heavy (non-hydrogen) atoms. The van der Waals surface area contributed by atoms with E-state index in [9.17, 15) is 15.0 Å². The molecule has 0 saturated heterocycles. The van der Waals surface area contributed by atoms with E-state index in [1.807, 2.05) is 12.1 Å². The number of aliphatic hydroxyl groups is 1. The molecule has 0 aliphatic carbocycles. The maximum absolute atomic E-state index is 12.1. The van der Waals surface area contributed by atoms with Crippen molar-refractivity contribution in [2.75, 3.05) is 20.8 Å². The summed E-state index contributed by atoms with van der Waals surface area (Å²) in [6.45, 7) is 2.72. The van der Waals surface area contributed by atoms with Crippen molar-refractivity contribution < 1.29 is 29.2 Å². The Kier molecular flexibility index (Phi) is 9.23. The van der Waals surface area contributed by atoms with Crippen LogP contribution in [0, 0.1) is 0 Å². The number of ketones is 1.